The Balaban J connectivity index is 1.64. The Kier molecular flexibility index (Phi) is 3.23. The van der Waals surface area contributed by atoms with Crippen molar-refractivity contribution in [3.8, 4) is 33.6 Å². The Bertz CT molecular complexity index is 1420. The first-order chi connectivity index (χ1) is 15.4. The van der Waals surface area contributed by atoms with Gasteiger partial charge in [-0.3, -0.25) is 0 Å². The average Bonchev–Trinajstić information content (AvgIpc) is 3.32. The molecule has 0 atom stereocenters. The predicted molar refractivity (Wildman–Crippen MR) is 124 cm³/mol. The van der Waals surface area contributed by atoms with Crippen LogP contribution in [-0.4, -0.2) is 9.97 Å². The predicted octanol–water partition coefficient (Wildman–Crippen LogP) is 6.49. The van der Waals surface area contributed by atoms with Gasteiger partial charge in [-0.25, -0.2) is 9.97 Å². The molecule has 144 valence electrons. The minimum absolute atomic E-state index is 0.316. The lowest BCUT2D eigenvalue weighted by molar-refractivity contribution is 0.794. The molecular weight excluding hydrogens is 376 g/mol. The van der Waals surface area contributed by atoms with E-state index in [4.69, 9.17) is 0 Å². The lowest BCUT2D eigenvalue weighted by Gasteiger charge is -2.30. The fourth-order valence-electron chi connectivity index (χ4n) is 5.68. The highest BCUT2D eigenvalue weighted by Crippen LogP contribution is 2.62. The number of hydrogen-bond donors (Lipinski definition) is 0. The summed E-state index contributed by atoms with van der Waals surface area (Å²) in [7, 11) is 0. The molecule has 5 aromatic rings. The molecule has 0 bridgehead atoms. The summed E-state index contributed by atoms with van der Waals surface area (Å²) in [6, 6.07) is 35.2. The molecule has 0 unspecified atom stereocenters. The van der Waals surface area contributed by atoms with Crippen LogP contribution in [0.25, 0.3) is 33.6 Å². The molecule has 2 aliphatic rings. The van der Waals surface area contributed by atoms with E-state index in [1.165, 1.54) is 44.5 Å². The van der Waals surface area contributed by atoms with Gasteiger partial charge >= 0.3 is 0 Å². The van der Waals surface area contributed by atoms with Crippen molar-refractivity contribution in [3.63, 3.8) is 0 Å². The van der Waals surface area contributed by atoms with Crippen molar-refractivity contribution in [2.45, 2.75) is 5.41 Å². The third-order valence-electron chi connectivity index (χ3n) is 6.82. The molecule has 1 aromatic heterocycles. The smallest absolute Gasteiger partial charge is 0.159 e. The summed E-state index contributed by atoms with van der Waals surface area (Å²) in [5.74, 6) is 0.760. The van der Waals surface area contributed by atoms with E-state index in [2.05, 4.69) is 101 Å². The van der Waals surface area contributed by atoms with Crippen molar-refractivity contribution < 1.29 is 0 Å². The van der Waals surface area contributed by atoms with Crippen LogP contribution in [0.4, 0.5) is 0 Å². The summed E-state index contributed by atoms with van der Waals surface area (Å²) in [5.41, 5.74) is 11.4. The van der Waals surface area contributed by atoms with Crippen molar-refractivity contribution in [2.24, 2.45) is 0 Å². The molecule has 0 fully saturated rings. The van der Waals surface area contributed by atoms with Gasteiger partial charge in [0.15, 0.2) is 5.82 Å². The van der Waals surface area contributed by atoms with E-state index in [1.54, 1.807) is 12.4 Å². The van der Waals surface area contributed by atoms with Crippen LogP contribution < -0.4 is 0 Å². The van der Waals surface area contributed by atoms with Gasteiger partial charge in [-0.1, -0.05) is 84.9 Å². The molecule has 1 heterocycles. The second-order valence-corrected chi connectivity index (χ2v) is 8.22. The van der Waals surface area contributed by atoms with Crippen LogP contribution in [0, 0.1) is 0 Å². The molecule has 0 N–H and O–H groups in total. The molecule has 0 saturated carbocycles. The van der Waals surface area contributed by atoms with Crippen molar-refractivity contribution in [1.29, 1.82) is 0 Å². The zero-order valence-corrected chi connectivity index (χ0v) is 16.8. The van der Waals surface area contributed by atoms with Crippen molar-refractivity contribution >= 4 is 0 Å². The van der Waals surface area contributed by atoms with Gasteiger partial charge in [-0.15, -0.1) is 0 Å². The maximum absolute atomic E-state index is 4.52. The van der Waals surface area contributed by atoms with Gasteiger partial charge in [0, 0.05) is 18.0 Å². The molecule has 0 radical (unpaired) electrons. The molecular formula is C29H18N2. The van der Waals surface area contributed by atoms with Crippen molar-refractivity contribution in [3.05, 3.63) is 132 Å². The van der Waals surface area contributed by atoms with E-state index in [9.17, 15) is 0 Å². The maximum Gasteiger partial charge on any atom is 0.159 e. The SMILES string of the molecule is c1cnc(-c2ccc3c(c2)C2(c4ccccc4-c4ccccc42)c2ccccc2-3)nc1. The van der Waals surface area contributed by atoms with Crippen molar-refractivity contribution in [2.75, 3.05) is 0 Å². The summed E-state index contributed by atoms with van der Waals surface area (Å²) in [6.07, 6.45) is 3.61. The highest BCUT2D eigenvalue weighted by molar-refractivity contribution is 5.95. The molecule has 2 heteroatoms. The normalized spacial score (nSPS) is 14.1. The molecule has 4 aromatic carbocycles. The van der Waals surface area contributed by atoms with Crippen LogP contribution in [0.1, 0.15) is 22.3 Å². The van der Waals surface area contributed by atoms with Crippen LogP contribution in [-0.2, 0) is 5.41 Å². The second kappa shape index (κ2) is 5.99. The first-order valence-corrected chi connectivity index (χ1v) is 10.6. The minimum atomic E-state index is -0.316. The Morgan fingerprint density at radius 1 is 0.452 bits per heavy atom. The first-order valence-electron chi connectivity index (χ1n) is 10.6. The molecule has 1 spiro atoms. The van der Waals surface area contributed by atoms with Gasteiger partial charge < -0.3 is 0 Å². The van der Waals surface area contributed by atoms with Crippen LogP contribution in [0.15, 0.2) is 109 Å². The summed E-state index contributed by atoms with van der Waals surface area (Å²) in [5, 5.41) is 0. The number of hydrogen-bond acceptors (Lipinski definition) is 2. The summed E-state index contributed by atoms with van der Waals surface area (Å²) in [6.45, 7) is 0. The van der Waals surface area contributed by atoms with Gasteiger partial charge in [0.05, 0.1) is 5.41 Å². The maximum atomic E-state index is 4.52. The molecule has 31 heavy (non-hydrogen) atoms. The summed E-state index contributed by atoms with van der Waals surface area (Å²) in [4.78, 5) is 9.03. The fourth-order valence-corrected chi connectivity index (χ4v) is 5.68. The molecule has 2 aliphatic carbocycles. The average molecular weight is 394 g/mol. The minimum Gasteiger partial charge on any atom is -0.237 e. The van der Waals surface area contributed by atoms with E-state index >= 15 is 0 Å². The van der Waals surface area contributed by atoms with Gasteiger partial charge in [0.25, 0.3) is 0 Å². The van der Waals surface area contributed by atoms with Gasteiger partial charge in [0.2, 0.25) is 0 Å². The monoisotopic (exact) mass is 394 g/mol. The second-order valence-electron chi connectivity index (χ2n) is 8.22. The zero-order chi connectivity index (χ0) is 20.4. The lowest BCUT2D eigenvalue weighted by atomic mass is 9.70. The summed E-state index contributed by atoms with van der Waals surface area (Å²) >= 11 is 0. The van der Waals surface area contributed by atoms with E-state index < -0.39 is 0 Å². The van der Waals surface area contributed by atoms with Gasteiger partial charge in [-0.2, -0.15) is 0 Å². The Morgan fingerprint density at radius 2 is 0.935 bits per heavy atom. The number of benzene rings is 4. The largest absolute Gasteiger partial charge is 0.237 e. The van der Waals surface area contributed by atoms with E-state index in [0.29, 0.717) is 0 Å². The first kappa shape index (κ1) is 16.7. The van der Waals surface area contributed by atoms with Crippen LogP contribution in [0.5, 0.6) is 0 Å². The molecule has 7 rings (SSSR count). The van der Waals surface area contributed by atoms with Gasteiger partial charge in [0.1, 0.15) is 0 Å². The Hall–Kier alpha value is -4.04. The number of fused-ring (bicyclic) bond motifs is 10. The zero-order valence-electron chi connectivity index (χ0n) is 16.8. The quantitative estimate of drug-likeness (QED) is 0.318. The fraction of sp³-hybridized carbons (Fsp3) is 0.0345. The Labute approximate surface area is 180 Å². The number of rotatable bonds is 1. The van der Waals surface area contributed by atoms with Crippen LogP contribution in [0.2, 0.25) is 0 Å². The van der Waals surface area contributed by atoms with E-state index in [0.717, 1.165) is 11.4 Å². The Morgan fingerprint density at radius 3 is 1.48 bits per heavy atom. The molecule has 0 aliphatic heterocycles. The molecule has 0 amide bonds. The van der Waals surface area contributed by atoms with Crippen LogP contribution >= 0.6 is 0 Å². The number of aromatic nitrogens is 2. The molecule has 2 nitrogen and oxygen atoms in total. The highest BCUT2D eigenvalue weighted by Gasteiger charge is 2.51. The topological polar surface area (TPSA) is 25.8 Å². The van der Waals surface area contributed by atoms with Gasteiger partial charge in [-0.05, 0) is 56.6 Å². The molecule has 0 saturated heterocycles. The standard InChI is InChI=1S/C29H18N2/c1-4-11-24-20(8-1)21-9-2-5-12-25(21)29(24)26-13-6-3-10-22(26)23-15-14-19(18-27(23)29)28-30-16-7-17-31-28/h1-18H. The lowest BCUT2D eigenvalue weighted by Crippen LogP contribution is -2.25. The third kappa shape index (κ3) is 2.02. The van der Waals surface area contributed by atoms with Crippen LogP contribution in [0.3, 0.4) is 0 Å². The van der Waals surface area contributed by atoms with E-state index in [1.807, 2.05) is 6.07 Å². The summed E-state index contributed by atoms with van der Waals surface area (Å²) < 4.78 is 0. The number of nitrogens with zero attached hydrogens (tertiary/aromatic N) is 2. The van der Waals surface area contributed by atoms with E-state index in [-0.39, 0.29) is 5.41 Å². The highest BCUT2D eigenvalue weighted by atomic mass is 14.8. The third-order valence-corrected chi connectivity index (χ3v) is 6.82. The van der Waals surface area contributed by atoms with Crippen molar-refractivity contribution in [1.82, 2.24) is 9.97 Å².